The standard InChI is InChI=1S/C18H25Cl2N3O2/c1-2-8-23(18(25)12-4-3-5-14(21)9-12)11-17(24)22-16-7-6-13(19)10-15(16)20/h6-7,10,12,14H,2-5,8-9,11,21H2,1H3,(H,22,24). The van der Waals surface area contributed by atoms with Gasteiger partial charge in [-0.05, 0) is 43.9 Å². The Balaban J connectivity index is 1.99. The first-order valence-corrected chi connectivity index (χ1v) is 9.45. The Kier molecular flexibility index (Phi) is 7.54. The predicted octanol–water partition coefficient (Wildman–Crippen LogP) is 3.69. The fourth-order valence-corrected chi connectivity index (χ4v) is 3.66. The Labute approximate surface area is 158 Å². The summed E-state index contributed by atoms with van der Waals surface area (Å²) in [6.45, 7) is 2.55. The minimum Gasteiger partial charge on any atom is -0.333 e. The van der Waals surface area contributed by atoms with Crippen LogP contribution in [0.5, 0.6) is 0 Å². The molecule has 1 aromatic carbocycles. The third-order valence-corrected chi connectivity index (χ3v) is 4.96. The summed E-state index contributed by atoms with van der Waals surface area (Å²) in [5, 5.41) is 3.61. The van der Waals surface area contributed by atoms with E-state index in [1.54, 1.807) is 23.1 Å². The van der Waals surface area contributed by atoms with Gasteiger partial charge in [-0.25, -0.2) is 0 Å². The summed E-state index contributed by atoms with van der Waals surface area (Å²) in [5.41, 5.74) is 6.48. The van der Waals surface area contributed by atoms with Gasteiger partial charge in [0.25, 0.3) is 0 Å². The van der Waals surface area contributed by atoms with Crippen molar-refractivity contribution in [1.29, 1.82) is 0 Å². The van der Waals surface area contributed by atoms with Crippen LogP contribution in [0.3, 0.4) is 0 Å². The highest BCUT2D eigenvalue weighted by atomic mass is 35.5. The van der Waals surface area contributed by atoms with E-state index in [1.807, 2.05) is 6.92 Å². The van der Waals surface area contributed by atoms with Crippen molar-refractivity contribution >= 4 is 40.7 Å². The maximum Gasteiger partial charge on any atom is 0.244 e. The van der Waals surface area contributed by atoms with E-state index in [-0.39, 0.29) is 30.3 Å². The topological polar surface area (TPSA) is 75.4 Å². The van der Waals surface area contributed by atoms with Gasteiger partial charge in [0.05, 0.1) is 17.3 Å². The number of nitrogens with zero attached hydrogens (tertiary/aromatic N) is 1. The number of anilines is 1. The molecule has 0 saturated heterocycles. The molecule has 0 heterocycles. The third-order valence-electron chi connectivity index (χ3n) is 4.41. The van der Waals surface area contributed by atoms with Crippen LogP contribution in [0.2, 0.25) is 10.0 Å². The molecule has 1 fully saturated rings. The molecule has 2 rings (SSSR count). The summed E-state index contributed by atoms with van der Waals surface area (Å²) in [6, 6.07) is 4.95. The molecular weight excluding hydrogens is 361 g/mol. The highest BCUT2D eigenvalue weighted by Crippen LogP contribution is 2.26. The summed E-state index contributed by atoms with van der Waals surface area (Å²) in [5.74, 6) is -0.331. The average molecular weight is 386 g/mol. The second-order valence-electron chi connectivity index (χ2n) is 6.56. The largest absolute Gasteiger partial charge is 0.333 e. The maximum atomic E-state index is 12.8. The Hall–Kier alpha value is -1.30. The molecule has 2 unspecified atom stereocenters. The van der Waals surface area contributed by atoms with Gasteiger partial charge in [-0.2, -0.15) is 0 Å². The summed E-state index contributed by atoms with van der Waals surface area (Å²) in [6.07, 6.45) is 4.26. The van der Waals surface area contributed by atoms with E-state index in [4.69, 9.17) is 28.9 Å². The number of hydrogen-bond acceptors (Lipinski definition) is 3. The molecule has 2 amide bonds. The van der Waals surface area contributed by atoms with Crippen LogP contribution in [0.25, 0.3) is 0 Å². The monoisotopic (exact) mass is 385 g/mol. The molecule has 1 aromatic rings. The number of amides is 2. The van der Waals surface area contributed by atoms with Crippen LogP contribution in [0.15, 0.2) is 18.2 Å². The van der Waals surface area contributed by atoms with Gasteiger partial charge in [-0.15, -0.1) is 0 Å². The first-order chi connectivity index (χ1) is 11.9. The molecule has 0 aromatic heterocycles. The lowest BCUT2D eigenvalue weighted by molar-refractivity contribution is -0.139. The zero-order valence-corrected chi connectivity index (χ0v) is 15.9. The summed E-state index contributed by atoms with van der Waals surface area (Å²) < 4.78 is 0. The Morgan fingerprint density at radius 3 is 2.72 bits per heavy atom. The number of hydrogen-bond donors (Lipinski definition) is 2. The minimum atomic E-state index is -0.272. The molecule has 0 bridgehead atoms. The van der Waals surface area contributed by atoms with Crippen molar-refractivity contribution in [1.82, 2.24) is 4.90 Å². The highest BCUT2D eigenvalue weighted by Gasteiger charge is 2.29. The van der Waals surface area contributed by atoms with Crippen molar-refractivity contribution in [3.05, 3.63) is 28.2 Å². The van der Waals surface area contributed by atoms with Gasteiger partial charge >= 0.3 is 0 Å². The number of rotatable bonds is 6. The molecule has 3 N–H and O–H groups in total. The smallest absolute Gasteiger partial charge is 0.244 e. The number of carbonyl (C=O) groups excluding carboxylic acids is 2. The second-order valence-corrected chi connectivity index (χ2v) is 7.40. The first-order valence-electron chi connectivity index (χ1n) is 8.70. The van der Waals surface area contributed by atoms with Crippen molar-refractivity contribution in [2.45, 2.75) is 45.1 Å². The molecule has 1 aliphatic rings. The van der Waals surface area contributed by atoms with E-state index >= 15 is 0 Å². The number of nitrogens with two attached hydrogens (primary N) is 1. The van der Waals surface area contributed by atoms with E-state index in [9.17, 15) is 9.59 Å². The predicted molar refractivity (Wildman–Crippen MR) is 102 cm³/mol. The molecule has 1 saturated carbocycles. The lowest BCUT2D eigenvalue weighted by atomic mass is 9.85. The highest BCUT2D eigenvalue weighted by molar-refractivity contribution is 6.36. The van der Waals surface area contributed by atoms with E-state index in [1.165, 1.54) is 0 Å². The zero-order chi connectivity index (χ0) is 18.4. The molecule has 1 aliphatic carbocycles. The van der Waals surface area contributed by atoms with E-state index in [0.29, 0.717) is 28.7 Å². The molecule has 7 heteroatoms. The van der Waals surface area contributed by atoms with Crippen LogP contribution in [0.1, 0.15) is 39.0 Å². The zero-order valence-electron chi connectivity index (χ0n) is 14.4. The van der Waals surface area contributed by atoms with E-state index < -0.39 is 0 Å². The van der Waals surface area contributed by atoms with Crippen molar-refractivity contribution in [2.24, 2.45) is 11.7 Å². The molecule has 2 atom stereocenters. The quantitative estimate of drug-likeness (QED) is 0.783. The summed E-state index contributed by atoms with van der Waals surface area (Å²) in [4.78, 5) is 26.8. The average Bonchev–Trinajstić information content (AvgIpc) is 2.56. The van der Waals surface area contributed by atoms with Crippen LogP contribution in [0.4, 0.5) is 5.69 Å². The summed E-state index contributed by atoms with van der Waals surface area (Å²) >= 11 is 11.9. The normalized spacial score (nSPS) is 20.2. The molecule has 0 radical (unpaired) electrons. The van der Waals surface area contributed by atoms with Crippen LogP contribution in [0, 0.1) is 5.92 Å². The van der Waals surface area contributed by atoms with Crippen LogP contribution < -0.4 is 11.1 Å². The number of benzene rings is 1. The van der Waals surface area contributed by atoms with Crippen molar-refractivity contribution in [3.63, 3.8) is 0 Å². The maximum absolute atomic E-state index is 12.8. The van der Waals surface area contributed by atoms with E-state index in [0.717, 1.165) is 25.7 Å². The van der Waals surface area contributed by atoms with Crippen molar-refractivity contribution in [3.8, 4) is 0 Å². The van der Waals surface area contributed by atoms with Gasteiger partial charge in [0.2, 0.25) is 11.8 Å². The number of carbonyl (C=O) groups is 2. The van der Waals surface area contributed by atoms with E-state index in [2.05, 4.69) is 5.32 Å². The lowest BCUT2D eigenvalue weighted by Gasteiger charge is -2.31. The molecular formula is C18H25Cl2N3O2. The van der Waals surface area contributed by atoms with Gasteiger partial charge in [0, 0.05) is 23.5 Å². The first kappa shape index (κ1) is 20.0. The van der Waals surface area contributed by atoms with Gasteiger partial charge < -0.3 is 16.0 Å². The molecule has 5 nitrogen and oxygen atoms in total. The van der Waals surface area contributed by atoms with Gasteiger partial charge in [-0.1, -0.05) is 36.5 Å². The van der Waals surface area contributed by atoms with Crippen molar-refractivity contribution in [2.75, 3.05) is 18.4 Å². The molecule has 138 valence electrons. The summed E-state index contributed by atoms with van der Waals surface area (Å²) in [7, 11) is 0. The van der Waals surface area contributed by atoms with Crippen LogP contribution in [-0.4, -0.2) is 35.8 Å². The Morgan fingerprint density at radius 1 is 1.32 bits per heavy atom. The van der Waals surface area contributed by atoms with Gasteiger partial charge in [0.15, 0.2) is 0 Å². The van der Waals surface area contributed by atoms with Crippen LogP contribution >= 0.6 is 23.2 Å². The third kappa shape index (κ3) is 5.87. The van der Waals surface area contributed by atoms with Crippen LogP contribution in [-0.2, 0) is 9.59 Å². The van der Waals surface area contributed by atoms with Gasteiger partial charge in [0.1, 0.15) is 0 Å². The van der Waals surface area contributed by atoms with Crippen molar-refractivity contribution < 1.29 is 9.59 Å². The minimum absolute atomic E-state index is 0.0113. The fraction of sp³-hybridized carbons (Fsp3) is 0.556. The second kappa shape index (κ2) is 9.41. The molecule has 0 aliphatic heterocycles. The molecule has 0 spiro atoms. The lowest BCUT2D eigenvalue weighted by Crippen LogP contribution is -2.44. The Morgan fingerprint density at radius 2 is 2.08 bits per heavy atom. The fourth-order valence-electron chi connectivity index (χ4n) is 3.20. The number of nitrogens with one attached hydrogen (secondary N) is 1. The Bertz CT molecular complexity index is 624. The molecule has 25 heavy (non-hydrogen) atoms. The van der Waals surface area contributed by atoms with Gasteiger partial charge in [-0.3, -0.25) is 9.59 Å². The number of halogens is 2. The SMILES string of the molecule is CCCN(CC(=O)Nc1ccc(Cl)cc1Cl)C(=O)C1CCCC(N)C1.